The van der Waals surface area contributed by atoms with E-state index in [4.69, 9.17) is 14.2 Å². The maximum absolute atomic E-state index is 15.3. The first kappa shape index (κ1) is 29.6. The average molecular weight is 589 g/mol. The lowest BCUT2D eigenvalue weighted by atomic mass is 9.82. The van der Waals surface area contributed by atoms with Gasteiger partial charge in [-0.15, -0.1) is 0 Å². The topological polar surface area (TPSA) is 44.8 Å². The first-order valence-electron chi connectivity index (χ1n) is 13.5. The monoisotopic (exact) mass is 588 g/mol. The van der Waals surface area contributed by atoms with Gasteiger partial charge in [-0.2, -0.15) is 4.39 Å². The van der Waals surface area contributed by atoms with E-state index < -0.39 is 52.2 Å². The molecule has 4 aromatic carbocycles. The van der Waals surface area contributed by atoms with Crippen LogP contribution in [-0.4, -0.2) is 26.6 Å². The molecule has 220 valence electrons. The van der Waals surface area contributed by atoms with Gasteiger partial charge in [0.2, 0.25) is 5.82 Å². The van der Waals surface area contributed by atoms with Crippen LogP contribution >= 0.6 is 0 Å². The molecule has 2 unspecified atom stereocenters. The van der Waals surface area contributed by atoms with Gasteiger partial charge in [0, 0.05) is 17.4 Å². The van der Waals surface area contributed by atoms with Crippen LogP contribution in [0.5, 0.6) is 17.2 Å². The number of carbonyl (C=O) groups is 1. The van der Waals surface area contributed by atoms with E-state index in [1.54, 1.807) is 36.4 Å². The van der Waals surface area contributed by atoms with Gasteiger partial charge in [0.15, 0.2) is 34.7 Å². The highest BCUT2D eigenvalue weighted by molar-refractivity contribution is 6.02. The van der Waals surface area contributed by atoms with Crippen LogP contribution in [0.3, 0.4) is 0 Å². The molecule has 1 aliphatic rings. The summed E-state index contributed by atoms with van der Waals surface area (Å²) in [6.07, 6.45) is 1.94. The summed E-state index contributed by atoms with van der Waals surface area (Å²) in [6.45, 7) is 4.23. The Hall–Kier alpha value is -4.85. The number of para-hydroxylation sites is 1. The van der Waals surface area contributed by atoms with Crippen LogP contribution in [0.4, 0.5) is 17.6 Å². The molecule has 0 saturated carbocycles. The predicted octanol–water partition coefficient (Wildman–Crippen LogP) is 8.42. The van der Waals surface area contributed by atoms with Gasteiger partial charge >= 0.3 is 0 Å². The highest BCUT2D eigenvalue weighted by Crippen LogP contribution is 2.49. The number of benzene rings is 4. The second kappa shape index (κ2) is 12.6. The molecule has 0 heterocycles. The normalized spacial score (nSPS) is 16.0. The lowest BCUT2D eigenvalue weighted by molar-refractivity contribution is 0.0928. The van der Waals surface area contributed by atoms with Crippen molar-refractivity contribution in [2.45, 2.75) is 12.3 Å². The second-order valence-corrected chi connectivity index (χ2v) is 10.1. The van der Waals surface area contributed by atoms with E-state index in [0.717, 1.165) is 12.7 Å². The Balaban J connectivity index is 1.58. The zero-order valence-electron chi connectivity index (χ0n) is 23.5. The van der Waals surface area contributed by atoms with Gasteiger partial charge in [-0.3, -0.25) is 4.79 Å². The lowest BCUT2D eigenvalue weighted by Gasteiger charge is -2.24. The molecule has 0 fully saturated rings. The molecule has 0 spiro atoms. The number of ether oxygens (including phenoxy) is 3. The fourth-order valence-corrected chi connectivity index (χ4v) is 5.38. The molecule has 4 aromatic rings. The SMILES string of the molecule is C=C(COc1c(OC)cccc1C1CC(c2ccc(F)cc2)=CC1C(=O)c1cc(F)c(F)c(OC)c1F)c1ccccc1. The number of allylic oxidation sites excluding steroid dienone is 2. The molecular formula is C35H28F4O4. The molecule has 4 nitrogen and oxygen atoms in total. The van der Waals surface area contributed by atoms with Crippen molar-refractivity contribution in [2.24, 2.45) is 5.92 Å². The molecule has 0 N–H and O–H groups in total. The van der Waals surface area contributed by atoms with E-state index in [1.807, 2.05) is 30.3 Å². The molecule has 43 heavy (non-hydrogen) atoms. The highest BCUT2D eigenvalue weighted by Gasteiger charge is 2.39. The molecule has 8 heteroatoms. The minimum Gasteiger partial charge on any atom is -0.493 e. The summed E-state index contributed by atoms with van der Waals surface area (Å²) in [5.41, 5.74) is 2.88. The van der Waals surface area contributed by atoms with Gasteiger partial charge < -0.3 is 14.2 Å². The average Bonchev–Trinajstić information content (AvgIpc) is 3.47. The van der Waals surface area contributed by atoms with Gasteiger partial charge in [0.1, 0.15) is 12.4 Å². The number of ketones is 1. The van der Waals surface area contributed by atoms with Crippen molar-refractivity contribution in [3.8, 4) is 17.2 Å². The summed E-state index contributed by atoms with van der Waals surface area (Å²) in [6, 6.07) is 21.0. The highest BCUT2D eigenvalue weighted by atomic mass is 19.2. The van der Waals surface area contributed by atoms with Crippen LogP contribution in [0.15, 0.2) is 91.5 Å². The summed E-state index contributed by atoms with van der Waals surface area (Å²) in [7, 11) is 2.48. The van der Waals surface area contributed by atoms with Crippen LogP contribution in [0.2, 0.25) is 0 Å². The Kier molecular flexibility index (Phi) is 8.66. The summed E-state index contributed by atoms with van der Waals surface area (Å²) < 4.78 is 74.3. The Labute approximate surface area is 246 Å². The standard InChI is InChI=1S/C35H28F4O4/c1-20(21-8-5-4-6-9-21)19-43-34-25(10-7-11-30(34)41-2)26-16-23(22-12-14-24(36)15-13-22)17-27(26)33(40)28-18-29(37)32(39)35(42-3)31(28)38/h4-15,17-18,26-27H,1,16,19H2,2-3H3. The summed E-state index contributed by atoms with van der Waals surface area (Å²) in [4.78, 5) is 14.0. The van der Waals surface area contributed by atoms with Crippen molar-refractivity contribution in [2.75, 3.05) is 20.8 Å². The zero-order valence-corrected chi connectivity index (χ0v) is 23.5. The Bertz CT molecular complexity index is 1700. The second-order valence-electron chi connectivity index (χ2n) is 10.1. The molecule has 0 aromatic heterocycles. The van der Waals surface area contributed by atoms with Gasteiger partial charge in [0.05, 0.1) is 19.8 Å². The van der Waals surface area contributed by atoms with Crippen LogP contribution < -0.4 is 14.2 Å². The van der Waals surface area contributed by atoms with Crippen LogP contribution in [0.1, 0.15) is 39.4 Å². The number of methoxy groups -OCH3 is 2. The molecule has 2 atom stereocenters. The minimum atomic E-state index is -1.52. The Morgan fingerprint density at radius 2 is 1.58 bits per heavy atom. The first-order valence-corrected chi connectivity index (χ1v) is 13.5. The van der Waals surface area contributed by atoms with Crippen molar-refractivity contribution in [1.82, 2.24) is 0 Å². The molecule has 5 rings (SSSR count). The number of Topliss-reactive ketones (excluding diaryl/α,β-unsaturated/α-hetero) is 1. The van der Waals surface area contributed by atoms with E-state index in [-0.39, 0.29) is 13.0 Å². The third-order valence-electron chi connectivity index (χ3n) is 7.56. The number of hydrogen-bond acceptors (Lipinski definition) is 4. The Morgan fingerprint density at radius 1 is 0.860 bits per heavy atom. The number of rotatable bonds is 10. The smallest absolute Gasteiger partial charge is 0.203 e. The van der Waals surface area contributed by atoms with Crippen molar-refractivity contribution in [3.63, 3.8) is 0 Å². The zero-order chi connectivity index (χ0) is 30.7. The number of hydrogen-bond donors (Lipinski definition) is 0. The van der Waals surface area contributed by atoms with Crippen LogP contribution in [0.25, 0.3) is 11.1 Å². The fourth-order valence-electron chi connectivity index (χ4n) is 5.38. The first-order chi connectivity index (χ1) is 20.7. The van der Waals surface area contributed by atoms with Gasteiger partial charge in [-0.1, -0.05) is 67.3 Å². The molecular weight excluding hydrogens is 560 g/mol. The largest absolute Gasteiger partial charge is 0.493 e. The lowest BCUT2D eigenvalue weighted by Crippen LogP contribution is -2.21. The Morgan fingerprint density at radius 3 is 2.26 bits per heavy atom. The number of halogens is 4. The van der Waals surface area contributed by atoms with Gasteiger partial charge in [-0.25, -0.2) is 13.2 Å². The van der Waals surface area contributed by atoms with Crippen molar-refractivity contribution >= 4 is 16.9 Å². The summed E-state index contributed by atoms with van der Waals surface area (Å²) in [5.74, 6) is -7.29. The van der Waals surface area contributed by atoms with Crippen molar-refractivity contribution < 1.29 is 36.6 Å². The minimum absolute atomic E-state index is 0.107. The molecule has 0 aliphatic heterocycles. The summed E-state index contributed by atoms with van der Waals surface area (Å²) in [5, 5.41) is 0. The maximum atomic E-state index is 15.3. The van der Waals surface area contributed by atoms with E-state index in [1.165, 1.54) is 19.2 Å². The third kappa shape index (κ3) is 5.91. The van der Waals surface area contributed by atoms with E-state index >= 15 is 4.39 Å². The number of carbonyl (C=O) groups excluding carboxylic acids is 1. The molecule has 0 saturated heterocycles. The molecule has 0 amide bonds. The van der Waals surface area contributed by atoms with Crippen molar-refractivity contribution in [1.29, 1.82) is 0 Å². The molecule has 0 radical (unpaired) electrons. The maximum Gasteiger partial charge on any atom is 0.203 e. The van der Waals surface area contributed by atoms with Gasteiger partial charge in [0.25, 0.3) is 0 Å². The van der Waals surface area contributed by atoms with Crippen LogP contribution in [0, 0.1) is 29.2 Å². The predicted molar refractivity (Wildman–Crippen MR) is 156 cm³/mol. The third-order valence-corrected chi connectivity index (χ3v) is 7.56. The quantitative estimate of drug-likeness (QED) is 0.106. The van der Waals surface area contributed by atoms with Crippen LogP contribution in [-0.2, 0) is 0 Å². The van der Waals surface area contributed by atoms with Crippen molar-refractivity contribution in [3.05, 3.63) is 137 Å². The summed E-state index contributed by atoms with van der Waals surface area (Å²) >= 11 is 0. The van der Waals surface area contributed by atoms with E-state index in [0.29, 0.717) is 39.8 Å². The molecule has 0 bridgehead atoms. The van der Waals surface area contributed by atoms with E-state index in [2.05, 4.69) is 6.58 Å². The molecule has 1 aliphatic carbocycles. The fraction of sp³-hybridized carbons (Fsp3) is 0.171. The van der Waals surface area contributed by atoms with E-state index in [9.17, 15) is 18.0 Å². The van der Waals surface area contributed by atoms with Gasteiger partial charge in [-0.05, 0) is 53.0 Å².